The number of nitrogens with zero attached hydrogens (tertiary/aromatic N) is 3. The fraction of sp³-hybridized carbons (Fsp3) is 0.800. The first-order chi connectivity index (χ1) is 9.04. The summed E-state index contributed by atoms with van der Waals surface area (Å²) in [6, 6.07) is 0.358. The van der Waals surface area contributed by atoms with Gasteiger partial charge in [-0.05, 0) is 46.0 Å². The minimum absolute atomic E-state index is 0.358. The van der Waals surface area contributed by atoms with Crippen molar-refractivity contribution in [3.05, 3.63) is 5.69 Å². The van der Waals surface area contributed by atoms with Gasteiger partial charge in [0.2, 0.25) is 0 Å². The summed E-state index contributed by atoms with van der Waals surface area (Å²) in [6.07, 6.45) is 5.19. The van der Waals surface area contributed by atoms with Crippen LogP contribution >= 0.6 is 0 Å². The Bertz CT molecular complexity index is 422. The quantitative estimate of drug-likeness (QED) is 0.910. The number of nitrogen functional groups attached to an aromatic ring is 1. The molecule has 2 rings (SSSR count). The predicted molar refractivity (Wildman–Crippen MR) is 81.6 cm³/mol. The largest absolute Gasteiger partial charge is 0.394 e. The molecule has 1 aliphatic rings. The molecular weight excluding hydrogens is 236 g/mol. The Hall–Kier alpha value is -1.19. The molecule has 0 saturated carbocycles. The molecule has 2 heterocycles. The van der Waals surface area contributed by atoms with Gasteiger partial charge in [0.1, 0.15) is 0 Å². The van der Waals surface area contributed by atoms with Gasteiger partial charge in [-0.2, -0.15) is 5.10 Å². The smallest absolute Gasteiger partial charge is 0.150 e. The van der Waals surface area contributed by atoms with Crippen molar-refractivity contribution in [1.29, 1.82) is 0 Å². The van der Waals surface area contributed by atoms with Gasteiger partial charge in [-0.3, -0.25) is 0 Å². The maximum absolute atomic E-state index is 6.27. The van der Waals surface area contributed by atoms with Crippen LogP contribution in [-0.2, 0) is 0 Å². The lowest BCUT2D eigenvalue weighted by Gasteiger charge is -2.25. The van der Waals surface area contributed by atoms with Gasteiger partial charge in [0.05, 0.1) is 11.4 Å². The molecule has 2 N–H and O–H groups in total. The third-order valence-corrected chi connectivity index (χ3v) is 4.32. The average Bonchev–Trinajstić information content (AvgIpc) is 2.57. The van der Waals surface area contributed by atoms with Gasteiger partial charge in [0, 0.05) is 19.1 Å². The van der Waals surface area contributed by atoms with Gasteiger partial charge >= 0.3 is 0 Å². The lowest BCUT2D eigenvalue weighted by molar-refractivity contribution is 0.459. The Morgan fingerprint density at radius 3 is 2.68 bits per heavy atom. The lowest BCUT2D eigenvalue weighted by Crippen LogP contribution is -2.28. The summed E-state index contributed by atoms with van der Waals surface area (Å²) in [4.78, 5) is 2.45. The van der Waals surface area contributed by atoms with Crippen molar-refractivity contribution in [2.75, 3.05) is 23.7 Å². The van der Waals surface area contributed by atoms with Gasteiger partial charge in [-0.25, -0.2) is 4.68 Å². The topological polar surface area (TPSA) is 47.1 Å². The Balaban J connectivity index is 2.25. The van der Waals surface area contributed by atoms with E-state index in [1.54, 1.807) is 0 Å². The van der Waals surface area contributed by atoms with Crippen molar-refractivity contribution in [2.24, 2.45) is 5.92 Å². The Kier molecular flexibility index (Phi) is 4.38. The first-order valence-electron chi connectivity index (χ1n) is 7.64. The second-order valence-electron chi connectivity index (χ2n) is 6.05. The third kappa shape index (κ3) is 2.88. The normalized spacial score (nSPS) is 20.9. The molecule has 0 aliphatic carbocycles. The summed E-state index contributed by atoms with van der Waals surface area (Å²) in [5.74, 6) is 2.02. The van der Waals surface area contributed by atoms with Crippen LogP contribution in [0, 0.1) is 12.8 Å². The van der Waals surface area contributed by atoms with E-state index in [0.717, 1.165) is 36.2 Å². The Morgan fingerprint density at radius 1 is 1.32 bits per heavy atom. The number of hydrogen-bond acceptors (Lipinski definition) is 3. The fourth-order valence-corrected chi connectivity index (χ4v) is 3.01. The molecule has 4 nitrogen and oxygen atoms in total. The standard InChI is InChI=1S/C15H28N4/c1-5-13-7-6-9-18(10-8-13)15-14(16)12(4)17-19(15)11(2)3/h11,13H,5-10,16H2,1-4H3. The van der Waals surface area contributed by atoms with Crippen LogP contribution in [0.15, 0.2) is 0 Å². The zero-order valence-electron chi connectivity index (χ0n) is 12.8. The van der Waals surface area contributed by atoms with Crippen molar-refractivity contribution < 1.29 is 0 Å². The van der Waals surface area contributed by atoms with Gasteiger partial charge < -0.3 is 10.6 Å². The van der Waals surface area contributed by atoms with Crippen LogP contribution in [0.2, 0.25) is 0 Å². The molecule has 1 aliphatic heterocycles. The minimum atomic E-state index is 0.358. The molecule has 1 saturated heterocycles. The molecule has 0 radical (unpaired) electrons. The highest BCUT2D eigenvalue weighted by Crippen LogP contribution is 2.32. The Morgan fingerprint density at radius 2 is 2.05 bits per heavy atom. The van der Waals surface area contributed by atoms with Crippen molar-refractivity contribution in [2.45, 2.75) is 59.4 Å². The van der Waals surface area contributed by atoms with Crippen LogP contribution in [-0.4, -0.2) is 22.9 Å². The van der Waals surface area contributed by atoms with Gasteiger partial charge in [-0.1, -0.05) is 13.3 Å². The number of aromatic nitrogens is 2. The van der Waals surface area contributed by atoms with Gasteiger partial charge in [0.15, 0.2) is 5.82 Å². The first kappa shape index (κ1) is 14.2. The highest BCUT2D eigenvalue weighted by Gasteiger charge is 2.23. The molecule has 1 fully saturated rings. The molecule has 0 spiro atoms. The van der Waals surface area contributed by atoms with Crippen LogP contribution in [0.1, 0.15) is 58.2 Å². The summed E-state index contributed by atoms with van der Waals surface area (Å²) in [5.41, 5.74) is 8.09. The zero-order valence-corrected chi connectivity index (χ0v) is 12.8. The van der Waals surface area contributed by atoms with E-state index in [1.165, 1.54) is 25.7 Å². The highest BCUT2D eigenvalue weighted by molar-refractivity contribution is 5.66. The number of anilines is 2. The number of rotatable bonds is 3. The van der Waals surface area contributed by atoms with E-state index in [4.69, 9.17) is 5.73 Å². The van der Waals surface area contributed by atoms with E-state index >= 15 is 0 Å². The van der Waals surface area contributed by atoms with E-state index in [2.05, 4.69) is 35.5 Å². The summed E-state index contributed by atoms with van der Waals surface area (Å²) < 4.78 is 2.09. The second-order valence-corrected chi connectivity index (χ2v) is 6.05. The van der Waals surface area contributed by atoms with Crippen LogP contribution in [0.4, 0.5) is 11.5 Å². The summed E-state index contributed by atoms with van der Waals surface area (Å²) in [6.45, 7) is 10.9. The van der Waals surface area contributed by atoms with E-state index in [0.29, 0.717) is 6.04 Å². The summed E-state index contributed by atoms with van der Waals surface area (Å²) >= 11 is 0. The molecule has 19 heavy (non-hydrogen) atoms. The lowest BCUT2D eigenvalue weighted by atomic mass is 9.98. The number of hydrogen-bond donors (Lipinski definition) is 1. The van der Waals surface area contributed by atoms with Crippen LogP contribution in [0.3, 0.4) is 0 Å². The van der Waals surface area contributed by atoms with Crippen LogP contribution < -0.4 is 10.6 Å². The van der Waals surface area contributed by atoms with Crippen molar-refractivity contribution in [1.82, 2.24) is 9.78 Å². The van der Waals surface area contributed by atoms with Crippen molar-refractivity contribution in [3.63, 3.8) is 0 Å². The van der Waals surface area contributed by atoms with E-state index < -0.39 is 0 Å². The maximum Gasteiger partial charge on any atom is 0.150 e. The molecule has 1 atom stereocenters. The molecule has 0 aromatic carbocycles. The molecule has 0 bridgehead atoms. The molecule has 108 valence electrons. The Labute approximate surface area is 117 Å². The molecule has 1 unspecified atom stereocenters. The fourth-order valence-electron chi connectivity index (χ4n) is 3.01. The summed E-state index contributed by atoms with van der Waals surface area (Å²) in [7, 11) is 0. The van der Waals surface area contributed by atoms with Gasteiger partial charge in [0.25, 0.3) is 0 Å². The van der Waals surface area contributed by atoms with Crippen LogP contribution in [0.5, 0.6) is 0 Å². The summed E-state index contributed by atoms with van der Waals surface area (Å²) in [5, 5.41) is 4.60. The molecule has 1 aromatic rings. The highest BCUT2D eigenvalue weighted by atomic mass is 15.4. The van der Waals surface area contributed by atoms with E-state index in [9.17, 15) is 0 Å². The second kappa shape index (κ2) is 5.85. The first-order valence-corrected chi connectivity index (χ1v) is 7.64. The third-order valence-electron chi connectivity index (χ3n) is 4.32. The number of nitrogens with two attached hydrogens (primary N) is 1. The predicted octanol–water partition coefficient (Wildman–Crippen LogP) is 3.37. The molecule has 0 amide bonds. The SMILES string of the molecule is CCC1CCCN(c2c(N)c(C)nn2C(C)C)CC1. The van der Waals surface area contributed by atoms with Gasteiger partial charge in [-0.15, -0.1) is 0 Å². The zero-order chi connectivity index (χ0) is 14.0. The van der Waals surface area contributed by atoms with Crippen molar-refractivity contribution >= 4 is 11.5 Å². The maximum atomic E-state index is 6.27. The minimum Gasteiger partial charge on any atom is -0.394 e. The van der Waals surface area contributed by atoms with Crippen LogP contribution in [0.25, 0.3) is 0 Å². The molecular formula is C15H28N4. The molecule has 1 aromatic heterocycles. The molecule has 4 heteroatoms. The van der Waals surface area contributed by atoms with E-state index in [-0.39, 0.29) is 0 Å². The monoisotopic (exact) mass is 264 g/mol. The van der Waals surface area contributed by atoms with E-state index in [1.807, 2.05) is 6.92 Å². The number of aryl methyl sites for hydroxylation is 1. The van der Waals surface area contributed by atoms with Crippen molar-refractivity contribution in [3.8, 4) is 0 Å². The average molecular weight is 264 g/mol.